The number of benzene rings is 1. The van der Waals surface area contributed by atoms with Gasteiger partial charge in [-0.05, 0) is 41.9 Å². The van der Waals surface area contributed by atoms with Crippen LogP contribution in [0.4, 0.5) is 4.79 Å². The van der Waals surface area contributed by atoms with E-state index in [1.165, 1.54) is 11.1 Å². The summed E-state index contributed by atoms with van der Waals surface area (Å²) < 4.78 is 0. The van der Waals surface area contributed by atoms with Gasteiger partial charge in [-0.3, -0.25) is 4.98 Å². The van der Waals surface area contributed by atoms with Crippen LogP contribution < -0.4 is 5.32 Å². The van der Waals surface area contributed by atoms with Crippen molar-refractivity contribution in [3.05, 3.63) is 65.5 Å². The van der Waals surface area contributed by atoms with Gasteiger partial charge >= 0.3 is 6.03 Å². The van der Waals surface area contributed by atoms with E-state index in [2.05, 4.69) is 34.6 Å². The van der Waals surface area contributed by atoms with E-state index >= 15 is 0 Å². The largest absolute Gasteiger partial charge is 0.337 e. The third-order valence-corrected chi connectivity index (χ3v) is 5.86. The molecule has 1 N–H and O–H groups in total. The highest BCUT2D eigenvalue weighted by molar-refractivity contribution is 7.99. The van der Waals surface area contributed by atoms with Gasteiger partial charge in [-0.25, -0.2) is 4.79 Å². The number of carbonyl (C=O) groups excluding carboxylic acids is 1. The molecule has 24 heavy (non-hydrogen) atoms. The molecule has 2 heterocycles. The zero-order valence-electron chi connectivity index (χ0n) is 14.1. The SMILES string of the molecule is C[C@@H](c1cccnc1)N(C)C(=O)NC[C@H]1SCCc2ccccc21. The second-order valence-corrected chi connectivity index (χ2v) is 7.38. The van der Waals surface area contributed by atoms with Gasteiger partial charge in [0.2, 0.25) is 0 Å². The van der Waals surface area contributed by atoms with Crippen LogP contribution in [0.1, 0.15) is 34.9 Å². The van der Waals surface area contributed by atoms with E-state index in [4.69, 9.17) is 0 Å². The predicted molar refractivity (Wildman–Crippen MR) is 99.2 cm³/mol. The first-order valence-corrected chi connectivity index (χ1v) is 9.31. The number of amides is 2. The number of fused-ring (bicyclic) bond motifs is 1. The minimum absolute atomic E-state index is 0.00926. The molecule has 1 aromatic heterocycles. The Balaban J connectivity index is 1.60. The monoisotopic (exact) mass is 341 g/mol. The van der Waals surface area contributed by atoms with Crippen LogP contribution in [0.25, 0.3) is 0 Å². The molecule has 2 atom stereocenters. The third kappa shape index (κ3) is 3.73. The molecule has 0 aliphatic carbocycles. The van der Waals surface area contributed by atoms with Crippen molar-refractivity contribution in [3.8, 4) is 0 Å². The molecule has 126 valence electrons. The Morgan fingerprint density at radius 2 is 2.21 bits per heavy atom. The summed E-state index contributed by atoms with van der Waals surface area (Å²) in [5, 5.41) is 3.42. The number of aromatic nitrogens is 1. The van der Waals surface area contributed by atoms with Crippen molar-refractivity contribution in [2.24, 2.45) is 0 Å². The Hall–Kier alpha value is -2.01. The van der Waals surface area contributed by atoms with E-state index in [0.717, 1.165) is 17.7 Å². The van der Waals surface area contributed by atoms with Gasteiger partial charge in [0.1, 0.15) is 0 Å². The Morgan fingerprint density at radius 1 is 1.38 bits per heavy atom. The molecule has 0 fully saturated rings. The first kappa shape index (κ1) is 16.8. The fourth-order valence-corrected chi connectivity index (χ4v) is 4.21. The van der Waals surface area contributed by atoms with Crippen LogP contribution in [0.2, 0.25) is 0 Å². The lowest BCUT2D eigenvalue weighted by atomic mass is 10.0. The lowest BCUT2D eigenvalue weighted by Crippen LogP contribution is -2.40. The van der Waals surface area contributed by atoms with E-state index in [0.29, 0.717) is 11.8 Å². The standard InChI is InChI=1S/C19H23N3OS/c1-14(16-7-5-10-20-12-16)22(2)19(23)21-13-18-17-8-4-3-6-15(17)9-11-24-18/h3-8,10,12,14,18H,9,11,13H2,1-2H3,(H,21,23)/t14-,18+/m0/s1. The zero-order chi connectivity index (χ0) is 16.9. The summed E-state index contributed by atoms with van der Waals surface area (Å²) in [5.74, 6) is 1.11. The number of aryl methyl sites for hydroxylation is 1. The summed E-state index contributed by atoms with van der Waals surface area (Å²) in [7, 11) is 1.83. The summed E-state index contributed by atoms with van der Waals surface area (Å²) >= 11 is 1.92. The molecule has 2 aromatic rings. The van der Waals surface area contributed by atoms with Crippen LogP contribution >= 0.6 is 11.8 Å². The number of nitrogens with zero attached hydrogens (tertiary/aromatic N) is 2. The molecule has 2 amide bonds. The van der Waals surface area contributed by atoms with Crippen LogP contribution in [-0.4, -0.2) is 35.3 Å². The van der Waals surface area contributed by atoms with Gasteiger partial charge in [0.05, 0.1) is 6.04 Å². The molecule has 0 saturated carbocycles. The summed E-state index contributed by atoms with van der Waals surface area (Å²) in [6.07, 6.45) is 4.67. The number of carbonyl (C=O) groups is 1. The molecule has 5 heteroatoms. The number of hydrogen-bond donors (Lipinski definition) is 1. The lowest BCUT2D eigenvalue weighted by molar-refractivity contribution is 0.194. The fourth-order valence-electron chi connectivity index (χ4n) is 2.97. The molecular formula is C19H23N3OS. The molecule has 1 aromatic carbocycles. The number of rotatable bonds is 4. The maximum Gasteiger partial charge on any atom is 0.317 e. The quantitative estimate of drug-likeness (QED) is 0.920. The fraction of sp³-hybridized carbons (Fsp3) is 0.368. The maximum absolute atomic E-state index is 12.5. The van der Waals surface area contributed by atoms with Gasteiger partial charge in [0, 0.05) is 31.2 Å². The van der Waals surface area contributed by atoms with E-state index in [1.807, 2.05) is 44.1 Å². The van der Waals surface area contributed by atoms with Crippen LogP contribution in [0, 0.1) is 0 Å². The molecule has 0 unspecified atom stereocenters. The lowest BCUT2D eigenvalue weighted by Gasteiger charge is -2.28. The van der Waals surface area contributed by atoms with Crippen molar-refractivity contribution in [3.63, 3.8) is 0 Å². The van der Waals surface area contributed by atoms with Crippen molar-refractivity contribution in [1.29, 1.82) is 0 Å². The highest BCUT2D eigenvalue weighted by atomic mass is 32.2. The topological polar surface area (TPSA) is 45.2 Å². The van der Waals surface area contributed by atoms with Gasteiger partial charge in [-0.2, -0.15) is 11.8 Å². The molecule has 3 rings (SSSR count). The first-order chi connectivity index (χ1) is 11.7. The highest BCUT2D eigenvalue weighted by Crippen LogP contribution is 2.36. The molecule has 4 nitrogen and oxygen atoms in total. The number of hydrogen-bond acceptors (Lipinski definition) is 3. The van der Waals surface area contributed by atoms with Crippen LogP contribution in [0.3, 0.4) is 0 Å². The van der Waals surface area contributed by atoms with Crippen molar-refractivity contribution >= 4 is 17.8 Å². The second-order valence-electron chi connectivity index (χ2n) is 6.07. The van der Waals surface area contributed by atoms with Gasteiger partial charge in [0.15, 0.2) is 0 Å². The van der Waals surface area contributed by atoms with Crippen LogP contribution in [0.5, 0.6) is 0 Å². The third-order valence-electron chi connectivity index (χ3n) is 4.60. The van der Waals surface area contributed by atoms with Crippen molar-refractivity contribution in [2.75, 3.05) is 19.3 Å². The minimum Gasteiger partial charge on any atom is -0.337 e. The Morgan fingerprint density at radius 3 is 3.00 bits per heavy atom. The molecule has 0 spiro atoms. The zero-order valence-corrected chi connectivity index (χ0v) is 14.9. The summed E-state index contributed by atoms with van der Waals surface area (Å²) in [5.41, 5.74) is 3.80. The number of urea groups is 1. The molecular weight excluding hydrogens is 318 g/mol. The van der Waals surface area contributed by atoms with E-state index in [1.54, 1.807) is 11.1 Å². The van der Waals surface area contributed by atoms with Crippen molar-refractivity contribution in [2.45, 2.75) is 24.6 Å². The molecule has 0 radical (unpaired) electrons. The van der Waals surface area contributed by atoms with E-state index in [9.17, 15) is 4.79 Å². The van der Waals surface area contributed by atoms with E-state index in [-0.39, 0.29) is 12.1 Å². The highest BCUT2D eigenvalue weighted by Gasteiger charge is 2.23. The molecule has 1 aliphatic rings. The first-order valence-electron chi connectivity index (χ1n) is 8.27. The average molecular weight is 341 g/mol. The number of nitrogens with one attached hydrogen (secondary N) is 1. The average Bonchev–Trinajstić information content (AvgIpc) is 2.65. The van der Waals surface area contributed by atoms with Crippen LogP contribution in [0.15, 0.2) is 48.8 Å². The molecule has 0 saturated heterocycles. The van der Waals surface area contributed by atoms with Crippen molar-refractivity contribution < 1.29 is 4.79 Å². The van der Waals surface area contributed by atoms with Crippen molar-refractivity contribution in [1.82, 2.24) is 15.2 Å². The predicted octanol–water partition coefficient (Wildman–Crippen LogP) is 3.81. The van der Waals surface area contributed by atoms with Crippen LogP contribution in [-0.2, 0) is 6.42 Å². The Kier molecular flexibility index (Phi) is 5.41. The van der Waals surface area contributed by atoms with Gasteiger partial charge < -0.3 is 10.2 Å². The summed E-state index contributed by atoms with van der Waals surface area (Å²) in [4.78, 5) is 18.4. The second kappa shape index (κ2) is 7.71. The minimum atomic E-state index is -0.0463. The van der Waals surface area contributed by atoms with Gasteiger partial charge in [-0.15, -0.1) is 0 Å². The molecule has 1 aliphatic heterocycles. The Labute approximate surface area is 147 Å². The molecule has 0 bridgehead atoms. The summed E-state index contributed by atoms with van der Waals surface area (Å²) in [6.45, 7) is 2.67. The smallest absolute Gasteiger partial charge is 0.317 e. The summed E-state index contributed by atoms with van der Waals surface area (Å²) in [6, 6.07) is 12.4. The Bertz CT molecular complexity index is 692. The maximum atomic E-state index is 12.5. The van der Waals surface area contributed by atoms with Gasteiger partial charge in [0.25, 0.3) is 0 Å². The number of pyridine rings is 1. The van der Waals surface area contributed by atoms with E-state index < -0.39 is 0 Å². The normalized spacial score (nSPS) is 17.7. The van der Waals surface area contributed by atoms with Gasteiger partial charge in [-0.1, -0.05) is 30.3 Å². The number of thioether (sulfide) groups is 1.